The predicted molar refractivity (Wildman–Crippen MR) is 64.8 cm³/mol. The third-order valence-electron chi connectivity index (χ3n) is 2.52. The molecule has 102 valence electrons. The highest BCUT2D eigenvalue weighted by molar-refractivity contribution is 5.95. The quantitative estimate of drug-likeness (QED) is 0.599. The van der Waals surface area contributed by atoms with Gasteiger partial charge in [-0.15, -0.1) is 0 Å². The Balaban J connectivity index is 2.84. The van der Waals surface area contributed by atoms with E-state index in [-0.39, 0.29) is 17.8 Å². The number of aromatic nitrogens is 1. The fourth-order valence-corrected chi connectivity index (χ4v) is 1.28. The van der Waals surface area contributed by atoms with Crippen LogP contribution in [-0.4, -0.2) is 33.4 Å². The molecule has 1 heterocycles. The maximum Gasteiger partial charge on any atom is 0.308 e. The van der Waals surface area contributed by atoms with Crippen LogP contribution in [0.1, 0.15) is 23.0 Å². The molecule has 1 atom stereocenters. The molecule has 8 heteroatoms. The number of carbonyl (C=O) groups is 2. The Hall–Kier alpha value is -2.51. The van der Waals surface area contributed by atoms with Crippen LogP contribution >= 0.6 is 0 Å². The third kappa shape index (κ3) is 3.73. The van der Waals surface area contributed by atoms with Gasteiger partial charge in [0.1, 0.15) is 6.20 Å². The minimum absolute atomic E-state index is 0.0592. The molecule has 0 bridgehead atoms. The van der Waals surface area contributed by atoms with E-state index >= 15 is 0 Å². The van der Waals surface area contributed by atoms with Crippen molar-refractivity contribution in [1.82, 2.24) is 10.3 Å². The van der Waals surface area contributed by atoms with Crippen molar-refractivity contribution in [3.63, 3.8) is 0 Å². The van der Waals surface area contributed by atoms with E-state index in [1.54, 1.807) is 6.92 Å². The van der Waals surface area contributed by atoms with Crippen LogP contribution in [0.25, 0.3) is 0 Å². The van der Waals surface area contributed by atoms with Crippen LogP contribution in [0.15, 0.2) is 12.3 Å². The molecule has 0 saturated carbocycles. The van der Waals surface area contributed by atoms with E-state index < -0.39 is 22.7 Å². The summed E-state index contributed by atoms with van der Waals surface area (Å²) in [6, 6.07) is 1.11. The lowest BCUT2D eigenvalue weighted by Gasteiger charge is -2.09. The third-order valence-corrected chi connectivity index (χ3v) is 2.52. The lowest BCUT2D eigenvalue weighted by molar-refractivity contribution is -0.385. The van der Waals surface area contributed by atoms with Crippen LogP contribution in [0.2, 0.25) is 0 Å². The molecule has 0 fully saturated rings. The molecule has 0 spiro atoms. The van der Waals surface area contributed by atoms with Crippen LogP contribution in [-0.2, 0) is 4.79 Å². The van der Waals surface area contributed by atoms with Crippen LogP contribution < -0.4 is 5.32 Å². The number of pyridine rings is 1. The van der Waals surface area contributed by atoms with Gasteiger partial charge in [0, 0.05) is 12.6 Å². The number of nitro groups is 1. The molecule has 19 heavy (non-hydrogen) atoms. The van der Waals surface area contributed by atoms with Crippen molar-refractivity contribution in [3.05, 3.63) is 33.6 Å². The number of aryl methyl sites for hydroxylation is 1. The smallest absolute Gasteiger partial charge is 0.308 e. The van der Waals surface area contributed by atoms with Crippen molar-refractivity contribution in [3.8, 4) is 0 Å². The Morgan fingerprint density at radius 3 is 2.74 bits per heavy atom. The number of aliphatic carboxylic acids is 1. The van der Waals surface area contributed by atoms with Gasteiger partial charge in [-0.1, -0.05) is 6.92 Å². The van der Waals surface area contributed by atoms with E-state index in [1.807, 2.05) is 0 Å². The second kappa shape index (κ2) is 5.89. The molecule has 0 saturated heterocycles. The molecular formula is C11H13N3O5. The minimum atomic E-state index is -1.03. The molecule has 0 aliphatic carbocycles. The van der Waals surface area contributed by atoms with Gasteiger partial charge >= 0.3 is 5.97 Å². The molecule has 0 aliphatic heterocycles. The van der Waals surface area contributed by atoms with Gasteiger partial charge in [0.2, 0.25) is 0 Å². The van der Waals surface area contributed by atoms with Crippen molar-refractivity contribution >= 4 is 17.6 Å². The summed E-state index contributed by atoms with van der Waals surface area (Å²) in [6.07, 6.45) is 1.06. The fraction of sp³-hybridized carbons (Fsp3) is 0.364. The lowest BCUT2D eigenvalue weighted by Crippen LogP contribution is -2.32. The maximum atomic E-state index is 11.8. The molecule has 1 aromatic heterocycles. The number of carboxylic acids is 1. The Morgan fingerprint density at radius 1 is 1.58 bits per heavy atom. The number of rotatable bonds is 5. The standard InChI is InChI=1S/C11H13N3O5/c1-6(11(16)17)4-13-10(15)9-3-8(14(18)19)5-12-7(9)2/h3,5-6H,4H2,1-2H3,(H,13,15)(H,16,17). The Kier molecular flexibility index (Phi) is 4.51. The van der Waals surface area contributed by atoms with Crippen LogP contribution in [0.4, 0.5) is 5.69 Å². The molecule has 0 radical (unpaired) electrons. The van der Waals surface area contributed by atoms with Crippen LogP contribution in [0, 0.1) is 23.0 Å². The van der Waals surface area contributed by atoms with Crippen molar-refractivity contribution in [2.45, 2.75) is 13.8 Å². The first-order valence-electron chi connectivity index (χ1n) is 5.45. The molecule has 1 unspecified atom stereocenters. The number of nitrogens with zero attached hydrogens (tertiary/aromatic N) is 2. The monoisotopic (exact) mass is 267 g/mol. The number of nitrogens with one attached hydrogen (secondary N) is 1. The van der Waals surface area contributed by atoms with Gasteiger partial charge < -0.3 is 10.4 Å². The number of carboxylic acid groups (broad SMARTS) is 1. The summed E-state index contributed by atoms with van der Waals surface area (Å²) < 4.78 is 0. The maximum absolute atomic E-state index is 11.8. The highest BCUT2D eigenvalue weighted by Crippen LogP contribution is 2.14. The molecule has 0 aliphatic rings. The SMILES string of the molecule is Cc1ncc([N+](=O)[O-])cc1C(=O)NCC(C)C(=O)O. The fourth-order valence-electron chi connectivity index (χ4n) is 1.28. The summed E-state index contributed by atoms with van der Waals surface area (Å²) in [7, 11) is 0. The highest BCUT2D eigenvalue weighted by Gasteiger charge is 2.17. The normalized spacial score (nSPS) is 11.7. The second-order valence-corrected chi connectivity index (χ2v) is 4.03. The number of amides is 1. The van der Waals surface area contributed by atoms with Gasteiger partial charge in [0.25, 0.3) is 11.6 Å². The van der Waals surface area contributed by atoms with Crippen molar-refractivity contribution in [2.75, 3.05) is 6.54 Å². The first kappa shape index (κ1) is 14.6. The zero-order valence-electron chi connectivity index (χ0n) is 10.4. The van der Waals surface area contributed by atoms with Gasteiger partial charge in [-0.3, -0.25) is 24.7 Å². The zero-order chi connectivity index (χ0) is 14.6. The van der Waals surface area contributed by atoms with E-state index in [1.165, 1.54) is 6.92 Å². The van der Waals surface area contributed by atoms with E-state index in [2.05, 4.69) is 10.3 Å². The summed E-state index contributed by atoms with van der Waals surface area (Å²) in [5, 5.41) is 21.7. The Labute approximate surface area is 108 Å². The number of hydrogen-bond acceptors (Lipinski definition) is 5. The summed E-state index contributed by atoms with van der Waals surface area (Å²) in [5.41, 5.74) is 0.111. The van der Waals surface area contributed by atoms with E-state index in [4.69, 9.17) is 5.11 Å². The van der Waals surface area contributed by atoms with Crippen molar-refractivity contribution in [2.24, 2.45) is 5.92 Å². The van der Waals surface area contributed by atoms with Gasteiger partial charge in [-0.2, -0.15) is 0 Å². The second-order valence-electron chi connectivity index (χ2n) is 4.03. The average Bonchev–Trinajstić information content (AvgIpc) is 2.35. The molecule has 1 amide bonds. The van der Waals surface area contributed by atoms with E-state index in [0.29, 0.717) is 5.69 Å². The minimum Gasteiger partial charge on any atom is -0.481 e. The first-order chi connectivity index (χ1) is 8.82. The van der Waals surface area contributed by atoms with Gasteiger partial charge in [-0.25, -0.2) is 0 Å². The molecule has 8 nitrogen and oxygen atoms in total. The molecule has 2 N–H and O–H groups in total. The average molecular weight is 267 g/mol. The molecule has 1 rings (SSSR count). The van der Waals surface area contributed by atoms with Crippen molar-refractivity contribution in [1.29, 1.82) is 0 Å². The topological polar surface area (TPSA) is 122 Å². The lowest BCUT2D eigenvalue weighted by atomic mass is 10.1. The zero-order valence-corrected chi connectivity index (χ0v) is 10.4. The van der Waals surface area contributed by atoms with Gasteiger partial charge in [0.05, 0.1) is 22.1 Å². The summed E-state index contributed by atoms with van der Waals surface area (Å²) in [5.74, 6) is -2.35. The largest absolute Gasteiger partial charge is 0.481 e. The molecule has 1 aromatic rings. The van der Waals surface area contributed by atoms with Gasteiger partial charge in [0.15, 0.2) is 0 Å². The Morgan fingerprint density at radius 2 is 2.21 bits per heavy atom. The van der Waals surface area contributed by atoms with Crippen LogP contribution in [0.5, 0.6) is 0 Å². The molecule has 0 aromatic carbocycles. The van der Waals surface area contributed by atoms with E-state index in [9.17, 15) is 19.7 Å². The summed E-state index contributed by atoms with van der Waals surface area (Å²) in [6.45, 7) is 2.93. The highest BCUT2D eigenvalue weighted by atomic mass is 16.6. The van der Waals surface area contributed by atoms with Gasteiger partial charge in [-0.05, 0) is 6.92 Å². The van der Waals surface area contributed by atoms with Crippen molar-refractivity contribution < 1.29 is 19.6 Å². The number of carbonyl (C=O) groups excluding carboxylic acids is 1. The van der Waals surface area contributed by atoms with Crippen LogP contribution in [0.3, 0.4) is 0 Å². The molecular weight excluding hydrogens is 254 g/mol. The summed E-state index contributed by atoms with van der Waals surface area (Å²) >= 11 is 0. The van der Waals surface area contributed by atoms with E-state index in [0.717, 1.165) is 12.3 Å². The predicted octanol–water partition coefficient (Wildman–Crippen LogP) is 0.749. The Bertz CT molecular complexity index is 529. The summed E-state index contributed by atoms with van der Waals surface area (Å²) in [4.78, 5) is 36.1. The number of hydrogen-bond donors (Lipinski definition) is 2. The first-order valence-corrected chi connectivity index (χ1v) is 5.45.